The maximum Gasteiger partial charge on any atom is 0.290 e. The van der Waals surface area contributed by atoms with E-state index in [0.29, 0.717) is 29.7 Å². The number of oxazole rings is 1. The van der Waals surface area contributed by atoms with Gasteiger partial charge in [0.05, 0.1) is 6.20 Å². The van der Waals surface area contributed by atoms with E-state index < -0.39 is 0 Å². The number of imidazole rings is 1. The summed E-state index contributed by atoms with van der Waals surface area (Å²) in [5.74, 6) is 1.68. The van der Waals surface area contributed by atoms with E-state index in [1.54, 1.807) is 23.2 Å². The average molecular weight is 385 g/mol. The number of carbonyl (C=O) groups is 1. The molecule has 27 heavy (non-hydrogen) atoms. The standard InChI is InChI=1S/C20H21ClN4O2/c1-24-11-9-22-18(24)20(26)25-10-5-4-8-17(25)19-23-13-15(27-19)12-14-6-2-3-7-16(14)21/h2-3,6-7,9,11,13,17H,4-5,8,10,12H2,1H3/t17-/m1/s1. The lowest BCUT2D eigenvalue weighted by atomic mass is 10.0. The van der Waals surface area contributed by atoms with Gasteiger partial charge in [-0.1, -0.05) is 29.8 Å². The Morgan fingerprint density at radius 2 is 2.15 bits per heavy atom. The molecule has 0 N–H and O–H groups in total. The molecule has 1 saturated heterocycles. The van der Waals surface area contributed by atoms with Crippen molar-refractivity contribution in [1.29, 1.82) is 0 Å². The average Bonchev–Trinajstić information content (AvgIpc) is 3.32. The number of piperidine rings is 1. The first kappa shape index (κ1) is 17.8. The zero-order valence-corrected chi connectivity index (χ0v) is 15.9. The van der Waals surface area contributed by atoms with E-state index in [9.17, 15) is 4.79 Å². The van der Waals surface area contributed by atoms with Crippen LogP contribution in [0.5, 0.6) is 0 Å². The lowest BCUT2D eigenvalue weighted by Gasteiger charge is -2.33. The second kappa shape index (κ2) is 7.56. The number of amides is 1. The largest absolute Gasteiger partial charge is 0.443 e. The summed E-state index contributed by atoms with van der Waals surface area (Å²) in [6.45, 7) is 0.679. The topological polar surface area (TPSA) is 64.2 Å². The van der Waals surface area contributed by atoms with Crippen LogP contribution in [0.2, 0.25) is 5.02 Å². The Labute approximate surface area is 162 Å². The zero-order chi connectivity index (χ0) is 18.8. The molecule has 1 amide bonds. The Morgan fingerprint density at radius 3 is 2.93 bits per heavy atom. The van der Waals surface area contributed by atoms with Crippen molar-refractivity contribution in [2.24, 2.45) is 7.05 Å². The first-order valence-electron chi connectivity index (χ1n) is 9.10. The van der Waals surface area contributed by atoms with E-state index >= 15 is 0 Å². The number of rotatable bonds is 4. The van der Waals surface area contributed by atoms with Crippen molar-refractivity contribution >= 4 is 17.5 Å². The van der Waals surface area contributed by atoms with Crippen LogP contribution >= 0.6 is 11.6 Å². The van der Waals surface area contributed by atoms with Crippen LogP contribution in [0.4, 0.5) is 0 Å². The number of hydrogen-bond donors (Lipinski definition) is 0. The number of halogens is 1. The van der Waals surface area contributed by atoms with Gasteiger partial charge < -0.3 is 13.9 Å². The minimum atomic E-state index is -0.164. The molecule has 0 bridgehead atoms. The van der Waals surface area contributed by atoms with Crippen LogP contribution in [0.1, 0.15) is 53.1 Å². The van der Waals surface area contributed by atoms with Crippen LogP contribution in [-0.4, -0.2) is 31.9 Å². The molecule has 1 atom stereocenters. The van der Waals surface area contributed by atoms with Crippen LogP contribution in [0.3, 0.4) is 0 Å². The number of nitrogens with zero attached hydrogens (tertiary/aromatic N) is 4. The van der Waals surface area contributed by atoms with Gasteiger partial charge in [0, 0.05) is 37.4 Å². The monoisotopic (exact) mass is 384 g/mol. The second-order valence-electron chi connectivity index (χ2n) is 6.80. The molecule has 140 valence electrons. The van der Waals surface area contributed by atoms with Crippen molar-refractivity contribution in [3.63, 3.8) is 0 Å². The summed E-state index contributed by atoms with van der Waals surface area (Å²) in [4.78, 5) is 23.5. The van der Waals surface area contributed by atoms with Crippen molar-refractivity contribution in [2.75, 3.05) is 6.54 Å². The highest BCUT2D eigenvalue weighted by molar-refractivity contribution is 6.31. The van der Waals surface area contributed by atoms with Crippen LogP contribution in [0.25, 0.3) is 0 Å². The normalized spacial score (nSPS) is 17.3. The van der Waals surface area contributed by atoms with Crippen LogP contribution < -0.4 is 0 Å². The van der Waals surface area contributed by atoms with E-state index in [4.69, 9.17) is 16.0 Å². The summed E-state index contributed by atoms with van der Waals surface area (Å²) >= 11 is 6.24. The summed E-state index contributed by atoms with van der Waals surface area (Å²) < 4.78 is 7.76. The van der Waals surface area contributed by atoms with Gasteiger partial charge in [-0.25, -0.2) is 9.97 Å². The van der Waals surface area contributed by atoms with E-state index in [1.807, 2.05) is 36.2 Å². The minimum Gasteiger partial charge on any atom is -0.443 e. The van der Waals surface area contributed by atoms with Gasteiger partial charge in [0.2, 0.25) is 5.89 Å². The maximum absolute atomic E-state index is 13.0. The molecule has 3 aromatic rings. The lowest BCUT2D eigenvalue weighted by Crippen LogP contribution is -2.39. The summed E-state index contributed by atoms with van der Waals surface area (Å²) in [6, 6.07) is 7.53. The Morgan fingerprint density at radius 1 is 1.30 bits per heavy atom. The van der Waals surface area contributed by atoms with E-state index in [0.717, 1.165) is 30.6 Å². The van der Waals surface area contributed by atoms with Gasteiger partial charge in [0.1, 0.15) is 11.8 Å². The Hall–Kier alpha value is -2.60. The summed E-state index contributed by atoms with van der Waals surface area (Å²) in [5.41, 5.74) is 0.992. The quantitative estimate of drug-likeness (QED) is 0.681. The van der Waals surface area contributed by atoms with Gasteiger partial charge in [0.15, 0.2) is 5.82 Å². The first-order chi connectivity index (χ1) is 13.1. The summed E-state index contributed by atoms with van der Waals surface area (Å²) in [5, 5.41) is 0.708. The third kappa shape index (κ3) is 3.62. The van der Waals surface area contributed by atoms with Gasteiger partial charge in [-0.2, -0.15) is 0 Å². The molecule has 3 heterocycles. The smallest absolute Gasteiger partial charge is 0.290 e. The number of likely N-dealkylation sites (tertiary alicyclic amines) is 1. The molecule has 0 unspecified atom stereocenters. The predicted octanol–water partition coefficient (Wildman–Crippen LogP) is 4.02. The predicted molar refractivity (Wildman–Crippen MR) is 102 cm³/mol. The van der Waals surface area contributed by atoms with Crippen molar-refractivity contribution < 1.29 is 9.21 Å². The molecule has 6 nitrogen and oxygen atoms in total. The Kier molecular flexibility index (Phi) is 4.99. The molecule has 0 aliphatic carbocycles. The molecule has 1 aromatic carbocycles. The minimum absolute atomic E-state index is 0.0851. The molecule has 0 spiro atoms. The zero-order valence-electron chi connectivity index (χ0n) is 15.1. The SMILES string of the molecule is Cn1ccnc1C(=O)N1CCCC[C@@H]1c1ncc(Cc2ccccc2Cl)o1. The second-order valence-corrected chi connectivity index (χ2v) is 7.21. The fourth-order valence-corrected chi connectivity index (χ4v) is 3.72. The number of benzene rings is 1. The Balaban J connectivity index is 1.56. The van der Waals surface area contributed by atoms with Crippen LogP contribution in [0.15, 0.2) is 47.3 Å². The molecule has 1 fully saturated rings. The van der Waals surface area contributed by atoms with E-state index in [1.165, 1.54) is 0 Å². The van der Waals surface area contributed by atoms with Gasteiger partial charge in [-0.05, 0) is 30.9 Å². The van der Waals surface area contributed by atoms with Gasteiger partial charge >= 0.3 is 0 Å². The number of aryl methyl sites for hydroxylation is 1. The first-order valence-corrected chi connectivity index (χ1v) is 9.47. The van der Waals surface area contributed by atoms with Crippen LogP contribution in [0, 0.1) is 0 Å². The molecule has 1 aliphatic rings. The number of hydrogen-bond acceptors (Lipinski definition) is 4. The van der Waals surface area contributed by atoms with E-state index in [-0.39, 0.29) is 11.9 Å². The molecule has 2 aromatic heterocycles. The number of aromatic nitrogens is 3. The molecule has 0 radical (unpaired) electrons. The highest BCUT2D eigenvalue weighted by Crippen LogP contribution is 2.32. The summed E-state index contributed by atoms with van der Waals surface area (Å²) in [7, 11) is 1.83. The lowest BCUT2D eigenvalue weighted by molar-refractivity contribution is 0.0554. The number of carbonyl (C=O) groups excluding carboxylic acids is 1. The van der Waals surface area contributed by atoms with Crippen molar-refractivity contribution in [3.8, 4) is 0 Å². The molecular formula is C20H21ClN4O2. The van der Waals surface area contributed by atoms with Crippen molar-refractivity contribution in [3.05, 3.63) is 70.9 Å². The molecule has 1 aliphatic heterocycles. The molecule has 4 rings (SSSR count). The van der Waals surface area contributed by atoms with Crippen LogP contribution in [-0.2, 0) is 13.5 Å². The maximum atomic E-state index is 13.0. The molecular weight excluding hydrogens is 364 g/mol. The van der Waals surface area contributed by atoms with Crippen molar-refractivity contribution in [1.82, 2.24) is 19.4 Å². The Bertz CT molecular complexity index is 949. The van der Waals surface area contributed by atoms with Gasteiger partial charge in [0.25, 0.3) is 5.91 Å². The molecule has 0 saturated carbocycles. The van der Waals surface area contributed by atoms with Gasteiger partial charge in [-0.15, -0.1) is 0 Å². The van der Waals surface area contributed by atoms with Gasteiger partial charge in [-0.3, -0.25) is 4.79 Å². The fourth-order valence-electron chi connectivity index (χ4n) is 3.52. The van der Waals surface area contributed by atoms with E-state index in [2.05, 4.69) is 9.97 Å². The third-order valence-corrected chi connectivity index (χ3v) is 5.32. The highest BCUT2D eigenvalue weighted by atomic mass is 35.5. The highest BCUT2D eigenvalue weighted by Gasteiger charge is 2.33. The fraction of sp³-hybridized carbons (Fsp3) is 0.350. The molecule has 7 heteroatoms. The third-order valence-electron chi connectivity index (χ3n) is 4.96. The summed E-state index contributed by atoms with van der Waals surface area (Å²) in [6.07, 6.45) is 8.57. The van der Waals surface area contributed by atoms with Crippen molar-refractivity contribution in [2.45, 2.75) is 31.7 Å².